The van der Waals surface area contributed by atoms with E-state index in [0.717, 1.165) is 30.4 Å². The van der Waals surface area contributed by atoms with Gasteiger partial charge in [-0.15, -0.1) is 32.9 Å². The van der Waals surface area contributed by atoms with Gasteiger partial charge in [0.25, 0.3) is 0 Å². The number of rotatable bonds is 15. The van der Waals surface area contributed by atoms with Crippen molar-refractivity contribution in [3.8, 4) is 0 Å². The summed E-state index contributed by atoms with van der Waals surface area (Å²) in [4.78, 5) is -8.81. The van der Waals surface area contributed by atoms with Crippen molar-refractivity contribution >= 4 is 49.2 Å². The van der Waals surface area contributed by atoms with E-state index in [0.29, 0.717) is 0 Å². The van der Waals surface area contributed by atoms with E-state index < -0.39 is 108 Å². The van der Waals surface area contributed by atoms with E-state index in [1.807, 2.05) is 0 Å². The third kappa shape index (κ3) is 6.54. The average Bonchev–Trinajstić information content (AvgIpc) is 2.71. The lowest BCUT2D eigenvalue weighted by Gasteiger charge is -2.22. The molecule has 0 N–H and O–H groups in total. The van der Waals surface area contributed by atoms with E-state index in [-0.39, 0.29) is 0 Å². The van der Waals surface area contributed by atoms with Crippen LogP contribution in [-0.2, 0) is 49.2 Å². The van der Waals surface area contributed by atoms with E-state index in [1.54, 1.807) is 0 Å². The highest BCUT2D eigenvalue weighted by molar-refractivity contribution is 7.98. The van der Waals surface area contributed by atoms with Crippen LogP contribution >= 0.6 is 0 Å². The van der Waals surface area contributed by atoms with E-state index in [4.69, 9.17) is 0 Å². The molecule has 0 fully saturated rings. The molecule has 0 aromatic heterocycles. The quantitative estimate of drug-likeness (QED) is 0.208. The van der Waals surface area contributed by atoms with Crippen LogP contribution in [0.15, 0.2) is 87.8 Å². The maximum absolute atomic E-state index is 16.1. The molecule has 0 radical (unpaired) electrons. The van der Waals surface area contributed by atoms with Gasteiger partial charge < -0.3 is 0 Å². The lowest BCUT2D eigenvalue weighted by molar-refractivity contribution is 0.500. The van der Waals surface area contributed by atoms with Gasteiger partial charge in [-0.3, -0.25) is 0 Å². The Balaban J connectivity index is 5.16. The molecular weight excluding hydrogens is 592 g/mol. The van der Waals surface area contributed by atoms with E-state index in [9.17, 15) is 42.1 Å². The maximum atomic E-state index is 16.1. The predicted molar refractivity (Wildman–Crippen MR) is 138 cm³/mol. The second-order valence-corrected chi connectivity index (χ2v) is 17.2. The Morgan fingerprint density at radius 3 is 0.757 bits per heavy atom. The smallest absolute Gasteiger partial charge is 0.186 e. The summed E-state index contributed by atoms with van der Waals surface area (Å²) in [6.45, 7) is 15.9. The number of hydrogen-bond acceptors (Lipinski definition) is 10. The summed E-state index contributed by atoms with van der Waals surface area (Å²) in [5.74, 6) is -8.04. The van der Waals surface area contributed by atoms with E-state index >= 15 is 4.39 Å². The fourth-order valence-corrected chi connectivity index (χ4v) is 12.7. The highest BCUT2D eigenvalue weighted by Gasteiger charge is 2.46. The number of halogens is 1. The third-order valence-corrected chi connectivity index (χ3v) is 13.5. The van der Waals surface area contributed by atoms with Gasteiger partial charge in [0.15, 0.2) is 55.0 Å². The van der Waals surface area contributed by atoms with Gasteiger partial charge in [-0.1, -0.05) is 30.4 Å². The zero-order valence-corrected chi connectivity index (χ0v) is 23.5. The van der Waals surface area contributed by atoms with Crippen LogP contribution in [0.5, 0.6) is 0 Å². The Bertz CT molecular complexity index is 1590. The average molecular weight is 617 g/mol. The van der Waals surface area contributed by atoms with Crippen molar-refractivity contribution in [2.45, 2.75) is 24.5 Å². The van der Waals surface area contributed by atoms with Crippen molar-refractivity contribution < 1.29 is 46.5 Å². The second-order valence-electron chi connectivity index (χ2n) is 7.31. The van der Waals surface area contributed by atoms with Crippen molar-refractivity contribution in [1.82, 2.24) is 0 Å². The summed E-state index contributed by atoms with van der Waals surface area (Å²) in [7, 11) is -25.8. The van der Waals surface area contributed by atoms with Gasteiger partial charge in [0.1, 0.15) is 24.5 Å². The van der Waals surface area contributed by atoms with Gasteiger partial charge in [-0.25, -0.2) is 46.5 Å². The second kappa shape index (κ2) is 11.6. The minimum Gasteiger partial charge on any atom is -0.223 e. The molecule has 206 valence electrons. The highest BCUT2D eigenvalue weighted by atomic mass is 32.2. The van der Waals surface area contributed by atoms with Crippen molar-refractivity contribution in [3.05, 3.63) is 69.1 Å². The highest BCUT2D eigenvalue weighted by Crippen LogP contribution is 2.43. The number of sulfone groups is 5. The zero-order chi connectivity index (χ0) is 29.0. The normalized spacial score (nSPS) is 13.0. The number of benzene rings is 1. The molecular formula is C21H25FO10S5. The van der Waals surface area contributed by atoms with Crippen molar-refractivity contribution in [2.24, 2.45) is 0 Å². The minimum atomic E-state index is -5.18. The number of hydrogen-bond donors (Lipinski definition) is 0. The molecule has 0 amide bonds. The molecule has 37 heavy (non-hydrogen) atoms. The van der Waals surface area contributed by atoms with E-state index in [1.165, 1.54) is 0 Å². The standard InChI is InChI=1S/C21H25FO10S5/c1-6-11-33(23,24)17-16(22)18(34(25,26)12-7-2)20(36(29,30)14-9-4)21(37(31,32)15-10-5)19(17)35(27,28)13-8-3/h6-10H,1-5,11-15H2. The molecule has 1 aromatic carbocycles. The van der Waals surface area contributed by atoms with Crippen molar-refractivity contribution in [3.63, 3.8) is 0 Å². The summed E-state index contributed by atoms with van der Waals surface area (Å²) >= 11 is 0. The van der Waals surface area contributed by atoms with Crippen molar-refractivity contribution in [1.29, 1.82) is 0 Å². The molecule has 1 rings (SSSR count). The first-order chi connectivity index (χ1) is 16.8. The van der Waals surface area contributed by atoms with Gasteiger partial charge in [-0.05, 0) is 0 Å². The zero-order valence-electron chi connectivity index (χ0n) is 19.5. The first-order valence-corrected chi connectivity index (χ1v) is 18.2. The van der Waals surface area contributed by atoms with Gasteiger partial charge in [0.05, 0.1) is 28.8 Å². The van der Waals surface area contributed by atoms with Gasteiger partial charge in [-0.2, -0.15) is 0 Å². The third-order valence-electron chi connectivity index (χ3n) is 4.46. The van der Waals surface area contributed by atoms with Crippen LogP contribution in [0.3, 0.4) is 0 Å². The lowest BCUT2D eigenvalue weighted by Crippen LogP contribution is -2.27. The Morgan fingerprint density at radius 2 is 0.568 bits per heavy atom. The lowest BCUT2D eigenvalue weighted by atomic mass is 10.3. The van der Waals surface area contributed by atoms with Crippen LogP contribution in [-0.4, -0.2) is 70.9 Å². The topological polar surface area (TPSA) is 171 Å². The summed E-state index contributed by atoms with van der Waals surface area (Å²) in [6.07, 6.45) is 3.61. The molecule has 0 bridgehead atoms. The largest absolute Gasteiger partial charge is 0.223 e. The summed E-state index contributed by atoms with van der Waals surface area (Å²) < 4.78 is 148. The fraction of sp³-hybridized carbons (Fsp3) is 0.238. The van der Waals surface area contributed by atoms with Crippen LogP contribution in [0.1, 0.15) is 0 Å². The molecule has 0 unspecified atom stereocenters. The molecule has 0 aliphatic carbocycles. The molecule has 0 aliphatic heterocycles. The van der Waals surface area contributed by atoms with Gasteiger partial charge in [0.2, 0.25) is 0 Å². The Labute approximate surface area is 217 Å². The van der Waals surface area contributed by atoms with Gasteiger partial charge in [0, 0.05) is 0 Å². The SMILES string of the molecule is C=CCS(=O)(=O)c1c(F)c(S(=O)(=O)CC=C)c(S(=O)(=O)CC=C)c(S(=O)(=O)CC=C)c1S(=O)(=O)CC=C. The van der Waals surface area contributed by atoms with Crippen LogP contribution < -0.4 is 0 Å². The molecule has 0 saturated heterocycles. The summed E-state index contributed by atoms with van der Waals surface area (Å²) in [5, 5.41) is 0. The molecule has 0 spiro atoms. The first kappa shape index (κ1) is 32.6. The maximum Gasteiger partial charge on any atom is 0.186 e. The molecule has 10 nitrogen and oxygen atoms in total. The van der Waals surface area contributed by atoms with Gasteiger partial charge >= 0.3 is 0 Å². The fourth-order valence-electron chi connectivity index (χ4n) is 3.21. The molecule has 0 aliphatic rings. The van der Waals surface area contributed by atoms with Crippen molar-refractivity contribution in [2.75, 3.05) is 28.8 Å². The van der Waals surface area contributed by atoms with Crippen LogP contribution in [0.2, 0.25) is 0 Å². The molecule has 0 heterocycles. The molecule has 16 heteroatoms. The Morgan fingerprint density at radius 1 is 0.405 bits per heavy atom. The van der Waals surface area contributed by atoms with Crippen LogP contribution in [0.4, 0.5) is 4.39 Å². The molecule has 0 saturated carbocycles. The Hall–Kier alpha value is -2.40. The van der Waals surface area contributed by atoms with Crippen LogP contribution in [0, 0.1) is 5.82 Å². The van der Waals surface area contributed by atoms with Crippen LogP contribution in [0.25, 0.3) is 0 Å². The predicted octanol–water partition coefficient (Wildman–Crippen LogP) is 1.62. The Kier molecular flexibility index (Phi) is 10.2. The minimum absolute atomic E-state index is 0.719. The molecule has 1 aromatic rings. The monoisotopic (exact) mass is 616 g/mol. The summed E-state index contributed by atoms with van der Waals surface area (Å²) in [5.41, 5.74) is 0. The summed E-state index contributed by atoms with van der Waals surface area (Å²) in [6, 6.07) is 0. The molecule has 0 atom stereocenters. The van der Waals surface area contributed by atoms with E-state index in [2.05, 4.69) is 32.9 Å². The first-order valence-electron chi connectivity index (χ1n) is 9.90.